The van der Waals surface area contributed by atoms with E-state index >= 15 is 0 Å². The third-order valence-corrected chi connectivity index (χ3v) is 6.86. The Kier molecular flexibility index (Phi) is 7.30. The van der Waals surface area contributed by atoms with Crippen LogP contribution in [-0.4, -0.2) is 32.7 Å². The van der Waals surface area contributed by atoms with E-state index in [0.29, 0.717) is 49.7 Å². The molecule has 0 saturated carbocycles. The van der Waals surface area contributed by atoms with Crippen molar-refractivity contribution >= 4 is 40.2 Å². The Hall–Kier alpha value is -5.07. The van der Waals surface area contributed by atoms with Crippen LogP contribution in [0.1, 0.15) is 15.9 Å². The lowest BCUT2D eigenvalue weighted by molar-refractivity contribution is -0.113. The lowest BCUT2D eigenvalue weighted by Crippen LogP contribution is -2.14. The molecule has 0 unspecified atom stereocenters. The van der Waals surface area contributed by atoms with E-state index in [2.05, 4.69) is 21.4 Å². The molecule has 7 nitrogen and oxygen atoms in total. The van der Waals surface area contributed by atoms with Gasteiger partial charge in [-0.2, -0.15) is 5.26 Å². The fourth-order valence-electron chi connectivity index (χ4n) is 3.97. The van der Waals surface area contributed by atoms with Crippen LogP contribution in [0.15, 0.2) is 96.0 Å². The number of aromatic nitrogens is 2. The van der Waals surface area contributed by atoms with Crippen LogP contribution < -0.4 is 5.32 Å². The minimum Gasteiger partial charge on any atom is -0.478 e. The molecule has 0 saturated heterocycles. The maximum Gasteiger partial charge on any atom is 0.336 e. The molecular formula is C30H19FN4O3S. The number of hydrogen-bond donors (Lipinski definition) is 2. The van der Waals surface area contributed by atoms with Crippen molar-refractivity contribution in [2.45, 2.75) is 5.03 Å². The van der Waals surface area contributed by atoms with Gasteiger partial charge in [-0.25, -0.2) is 19.2 Å². The monoisotopic (exact) mass is 534 g/mol. The summed E-state index contributed by atoms with van der Waals surface area (Å²) in [4.78, 5) is 33.5. The summed E-state index contributed by atoms with van der Waals surface area (Å²) in [7, 11) is 0. The van der Waals surface area contributed by atoms with Crippen molar-refractivity contribution in [3.05, 3.63) is 108 Å². The summed E-state index contributed by atoms with van der Waals surface area (Å²) in [6.45, 7) is 0. The summed E-state index contributed by atoms with van der Waals surface area (Å²) in [5.41, 5.74) is 4.12. The number of nitriles is 1. The van der Waals surface area contributed by atoms with Gasteiger partial charge in [0.2, 0.25) is 5.91 Å². The maximum absolute atomic E-state index is 13.3. The van der Waals surface area contributed by atoms with Gasteiger partial charge in [-0.05, 0) is 60.7 Å². The molecule has 0 atom stereocenters. The van der Waals surface area contributed by atoms with Gasteiger partial charge in [-0.3, -0.25) is 4.79 Å². The van der Waals surface area contributed by atoms with Gasteiger partial charge in [0.05, 0.1) is 33.8 Å². The Morgan fingerprint density at radius 1 is 0.897 bits per heavy atom. The van der Waals surface area contributed by atoms with Crippen LogP contribution in [0, 0.1) is 17.1 Å². The van der Waals surface area contributed by atoms with E-state index in [4.69, 9.17) is 0 Å². The second kappa shape index (κ2) is 11.1. The van der Waals surface area contributed by atoms with Crippen molar-refractivity contribution in [2.24, 2.45) is 0 Å². The fourth-order valence-corrected chi connectivity index (χ4v) is 4.74. The molecule has 2 aromatic heterocycles. The predicted molar refractivity (Wildman–Crippen MR) is 148 cm³/mol. The molecule has 0 fully saturated rings. The highest BCUT2D eigenvalue weighted by molar-refractivity contribution is 8.00. The van der Waals surface area contributed by atoms with Crippen LogP contribution >= 0.6 is 11.8 Å². The number of amides is 1. The van der Waals surface area contributed by atoms with Gasteiger partial charge in [0, 0.05) is 22.2 Å². The number of carboxylic acids is 1. The number of rotatable bonds is 7. The van der Waals surface area contributed by atoms with Crippen LogP contribution in [0.2, 0.25) is 0 Å². The third-order valence-electron chi connectivity index (χ3n) is 5.87. The van der Waals surface area contributed by atoms with Crippen LogP contribution in [-0.2, 0) is 4.79 Å². The molecule has 1 amide bonds. The van der Waals surface area contributed by atoms with Gasteiger partial charge in [0.15, 0.2) is 0 Å². The molecule has 0 radical (unpaired) electrons. The standard InChI is InChI=1S/C30H19FN4O3S/c31-21-10-5-18(6-11-21)25-14-9-20(16-32)29(35-25)39-17-28(36)33-22-12-7-19(8-13-22)27-15-24(30(37)38)23-3-1-2-4-26(23)34-27/h1-15H,17H2,(H,33,36)(H,37,38). The van der Waals surface area contributed by atoms with E-state index in [9.17, 15) is 24.3 Å². The summed E-state index contributed by atoms with van der Waals surface area (Å²) in [6.07, 6.45) is 0. The second-order valence-electron chi connectivity index (χ2n) is 8.46. The first-order valence-electron chi connectivity index (χ1n) is 11.7. The summed E-state index contributed by atoms with van der Waals surface area (Å²) in [6, 6.07) is 26.8. The van der Waals surface area contributed by atoms with E-state index < -0.39 is 5.97 Å². The zero-order valence-electron chi connectivity index (χ0n) is 20.3. The lowest BCUT2D eigenvalue weighted by atomic mass is 10.0. The number of thioether (sulfide) groups is 1. The summed E-state index contributed by atoms with van der Waals surface area (Å²) in [5.74, 6) is -1.66. The minimum atomic E-state index is -1.03. The van der Waals surface area contributed by atoms with Gasteiger partial charge in [-0.15, -0.1) is 0 Å². The molecule has 0 aliphatic heterocycles. The van der Waals surface area contributed by atoms with Crippen molar-refractivity contribution in [3.8, 4) is 28.6 Å². The number of pyridine rings is 2. The van der Waals surface area contributed by atoms with E-state index in [1.165, 1.54) is 18.2 Å². The number of aromatic carboxylic acids is 1. The molecule has 0 spiro atoms. The summed E-state index contributed by atoms with van der Waals surface area (Å²) >= 11 is 1.13. The van der Waals surface area contributed by atoms with Crippen molar-refractivity contribution in [2.75, 3.05) is 11.1 Å². The average Bonchev–Trinajstić information content (AvgIpc) is 2.96. The Bertz CT molecular complexity index is 1750. The first-order valence-corrected chi connectivity index (χ1v) is 12.7. The highest BCUT2D eigenvalue weighted by Gasteiger charge is 2.14. The molecule has 5 aromatic rings. The van der Waals surface area contributed by atoms with Crippen LogP contribution in [0.3, 0.4) is 0 Å². The SMILES string of the molecule is N#Cc1ccc(-c2ccc(F)cc2)nc1SCC(=O)Nc1ccc(-c2cc(C(=O)O)c3ccccc3n2)cc1. The highest BCUT2D eigenvalue weighted by atomic mass is 32.2. The molecule has 0 bridgehead atoms. The quantitative estimate of drug-likeness (QED) is 0.232. The third kappa shape index (κ3) is 5.76. The smallest absolute Gasteiger partial charge is 0.336 e. The Labute approximate surface area is 227 Å². The molecule has 39 heavy (non-hydrogen) atoms. The number of carboxylic acid groups (broad SMARTS) is 1. The number of carbonyl (C=O) groups is 2. The molecule has 9 heteroatoms. The molecule has 0 aliphatic carbocycles. The predicted octanol–water partition coefficient (Wildman–Crippen LogP) is 6.40. The minimum absolute atomic E-state index is 0.0184. The number of nitrogens with one attached hydrogen (secondary N) is 1. The molecule has 2 N–H and O–H groups in total. The van der Waals surface area contributed by atoms with Crippen LogP contribution in [0.25, 0.3) is 33.4 Å². The second-order valence-corrected chi connectivity index (χ2v) is 9.42. The lowest BCUT2D eigenvalue weighted by Gasteiger charge is -2.09. The van der Waals surface area contributed by atoms with Crippen molar-refractivity contribution in [1.29, 1.82) is 5.26 Å². The number of para-hydroxylation sites is 1. The summed E-state index contributed by atoms with van der Waals surface area (Å²) < 4.78 is 13.3. The number of nitrogens with zero attached hydrogens (tertiary/aromatic N) is 3. The average molecular weight is 535 g/mol. The Morgan fingerprint density at radius 2 is 1.59 bits per heavy atom. The highest BCUT2D eigenvalue weighted by Crippen LogP contribution is 2.28. The van der Waals surface area contributed by atoms with E-state index in [0.717, 1.165) is 11.8 Å². The van der Waals surface area contributed by atoms with Gasteiger partial charge in [-0.1, -0.05) is 42.1 Å². The first kappa shape index (κ1) is 25.6. The van der Waals surface area contributed by atoms with Gasteiger partial charge >= 0.3 is 5.97 Å². The van der Waals surface area contributed by atoms with Crippen LogP contribution in [0.4, 0.5) is 10.1 Å². The first-order chi connectivity index (χ1) is 18.9. The van der Waals surface area contributed by atoms with Crippen molar-refractivity contribution < 1.29 is 19.1 Å². The molecule has 0 aliphatic rings. The van der Waals surface area contributed by atoms with E-state index in [1.807, 2.05) is 0 Å². The van der Waals surface area contributed by atoms with Crippen molar-refractivity contribution in [3.63, 3.8) is 0 Å². The zero-order chi connectivity index (χ0) is 27.4. The number of carbonyl (C=O) groups excluding carboxylic acids is 1. The normalized spacial score (nSPS) is 10.7. The molecule has 190 valence electrons. The van der Waals surface area contributed by atoms with Crippen LogP contribution in [0.5, 0.6) is 0 Å². The summed E-state index contributed by atoms with van der Waals surface area (Å²) in [5, 5.41) is 22.9. The van der Waals surface area contributed by atoms with E-state index in [-0.39, 0.29) is 23.0 Å². The van der Waals surface area contributed by atoms with Gasteiger partial charge in [0.25, 0.3) is 0 Å². The molecule has 2 heterocycles. The van der Waals surface area contributed by atoms with Gasteiger partial charge in [0.1, 0.15) is 16.9 Å². The number of benzene rings is 3. The Balaban J connectivity index is 1.28. The number of hydrogen-bond acceptors (Lipinski definition) is 6. The Morgan fingerprint density at radius 3 is 2.31 bits per heavy atom. The van der Waals surface area contributed by atoms with E-state index in [1.54, 1.807) is 72.8 Å². The topological polar surface area (TPSA) is 116 Å². The number of halogens is 1. The largest absolute Gasteiger partial charge is 0.478 e. The molecular weight excluding hydrogens is 515 g/mol. The van der Waals surface area contributed by atoms with Crippen molar-refractivity contribution in [1.82, 2.24) is 9.97 Å². The number of fused-ring (bicyclic) bond motifs is 1. The maximum atomic E-state index is 13.3. The fraction of sp³-hybridized carbons (Fsp3) is 0.0333. The molecule has 3 aromatic carbocycles. The zero-order valence-corrected chi connectivity index (χ0v) is 21.1. The number of anilines is 1. The van der Waals surface area contributed by atoms with Gasteiger partial charge < -0.3 is 10.4 Å². The molecule has 5 rings (SSSR count).